The van der Waals surface area contributed by atoms with Gasteiger partial charge >= 0.3 is 0 Å². The maximum Gasteiger partial charge on any atom is 0.0161 e. The lowest BCUT2D eigenvalue weighted by molar-refractivity contribution is 0.442. The van der Waals surface area contributed by atoms with Gasteiger partial charge in [-0.25, -0.2) is 0 Å². The third kappa shape index (κ3) is 2.07. The molecule has 1 heteroatoms. The summed E-state index contributed by atoms with van der Waals surface area (Å²) in [6.07, 6.45) is 10.8. The van der Waals surface area contributed by atoms with Crippen molar-refractivity contribution in [2.75, 3.05) is 0 Å². The summed E-state index contributed by atoms with van der Waals surface area (Å²) >= 11 is 0. The average molecular weight is 222 g/mol. The molecule has 0 N–H and O–H groups in total. The van der Waals surface area contributed by atoms with E-state index in [-0.39, 0.29) is 7.92 Å². The van der Waals surface area contributed by atoms with E-state index in [4.69, 9.17) is 0 Å². The van der Waals surface area contributed by atoms with Crippen LogP contribution in [0.5, 0.6) is 0 Å². The topological polar surface area (TPSA) is 0 Å². The van der Waals surface area contributed by atoms with E-state index in [0.29, 0.717) is 0 Å². The van der Waals surface area contributed by atoms with E-state index < -0.39 is 0 Å². The lowest BCUT2D eigenvalue weighted by atomic mass is 9.98. The SMILES string of the molecule is CC(C)[C@H]1C[C@H](C(C)C)P1C1C=CC=C1. The molecule has 0 radical (unpaired) electrons. The Bertz CT molecular complexity index is 249. The van der Waals surface area contributed by atoms with Crippen LogP contribution in [0.15, 0.2) is 24.3 Å². The predicted octanol–water partition coefficient (Wildman–Crippen LogP) is 4.42. The first-order chi connectivity index (χ1) is 7.11. The lowest BCUT2D eigenvalue weighted by Crippen LogP contribution is -2.40. The van der Waals surface area contributed by atoms with Crippen molar-refractivity contribution in [3.8, 4) is 0 Å². The van der Waals surface area contributed by atoms with Crippen molar-refractivity contribution in [1.82, 2.24) is 0 Å². The van der Waals surface area contributed by atoms with Gasteiger partial charge in [0.2, 0.25) is 0 Å². The Morgan fingerprint density at radius 3 is 1.80 bits per heavy atom. The number of hydrogen-bond donors (Lipinski definition) is 0. The quantitative estimate of drug-likeness (QED) is 0.620. The maximum absolute atomic E-state index is 2.43. The molecule has 0 bridgehead atoms. The Morgan fingerprint density at radius 1 is 0.933 bits per heavy atom. The van der Waals surface area contributed by atoms with Crippen LogP contribution < -0.4 is 0 Å². The highest BCUT2D eigenvalue weighted by Crippen LogP contribution is 2.67. The summed E-state index contributed by atoms with van der Waals surface area (Å²) in [6, 6.07) is 0. The monoisotopic (exact) mass is 222 g/mol. The van der Waals surface area contributed by atoms with E-state index in [1.807, 2.05) is 0 Å². The smallest absolute Gasteiger partial charge is 0.0161 e. The highest BCUT2D eigenvalue weighted by molar-refractivity contribution is 7.62. The second-order valence-corrected chi connectivity index (χ2v) is 8.38. The zero-order valence-electron chi connectivity index (χ0n) is 10.4. The maximum atomic E-state index is 2.43. The molecule has 2 aliphatic rings. The molecule has 2 atom stereocenters. The van der Waals surface area contributed by atoms with E-state index in [1.54, 1.807) is 0 Å². The zero-order chi connectivity index (χ0) is 11.0. The summed E-state index contributed by atoms with van der Waals surface area (Å²) in [5, 5.41) is 0. The fraction of sp³-hybridized carbons (Fsp3) is 0.714. The first kappa shape index (κ1) is 11.4. The lowest BCUT2D eigenvalue weighted by Gasteiger charge is -2.52. The minimum atomic E-state index is 0.222. The Balaban J connectivity index is 2.08. The second kappa shape index (κ2) is 4.42. The predicted molar refractivity (Wildman–Crippen MR) is 70.9 cm³/mol. The largest absolute Gasteiger partial charge is 0.0887 e. The van der Waals surface area contributed by atoms with Gasteiger partial charge in [0.1, 0.15) is 0 Å². The molecule has 15 heavy (non-hydrogen) atoms. The molecule has 84 valence electrons. The van der Waals surface area contributed by atoms with E-state index in [9.17, 15) is 0 Å². The number of allylic oxidation sites excluding steroid dienone is 4. The van der Waals surface area contributed by atoms with Crippen LogP contribution >= 0.6 is 7.92 Å². The van der Waals surface area contributed by atoms with Crippen molar-refractivity contribution in [2.45, 2.75) is 51.1 Å². The first-order valence-corrected chi connectivity index (χ1v) is 7.78. The summed E-state index contributed by atoms with van der Waals surface area (Å²) in [4.78, 5) is 0. The van der Waals surface area contributed by atoms with Crippen LogP contribution in [-0.4, -0.2) is 17.0 Å². The summed E-state index contributed by atoms with van der Waals surface area (Å²) in [7, 11) is 0.222. The fourth-order valence-electron chi connectivity index (χ4n) is 2.89. The molecular weight excluding hydrogens is 199 g/mol. The van der Waals surface area contributed by atoms with Gasteiger partial charge in [-0.15, -0.1) is 0 Å². The van der Waals surface area contributed by atoms with E-state index in [0.717, 1.165) is 28.8 Å². The molecule has 2 rings (SSSR count). The third-order valence-electron chi connectivity index (χ3n) is 3.86. The van der Waals surface area contributed by atoms with Crippen LogP contribution in [0.25, 0.3) is 0 Å². The van der Waals surface area contributed by atoms with Gasteiger partial charge < -0.3 is 0 Å². The molecule has 1 heterocycles. The first-order valence-electron chi connectivity index (χ1n) is 6.23. The van der Waals surface area contributed by atoms with E-state index >= 15 is 0 Å². The third-order valence-corrected chi connectivity index (χ3v) is 8.04. The second-order valence-electron chi connectivity index (χ2n) is 5.57. The van der Waals surface area contributed by atoms with Crippen LogP contribution in [0.3, 0.4) is 0 Å². The Labute approximate surface area is 95.6 Å². The molecule has 0 spiro atoms. The molecule has 0 aromatic heterocycles. The van der Waals surface area contributed by atoms with Crippen LogP contribution in [0.2, 0.25) is 0 Å². The number of rotatable bonds is 3. The summed E-state index contributed by atoms with van der Waals surface area (Å²) in [5.41, 5.74) is 2.84. The minimum absolute atomic E-state index is 0.222. The molecule has 0 aromatic rings. The zero-order valence-corrected chi connectivity index (χ0v) is 11.2. The molecule has 1 saturated heterocycles. The standard InChI is InChI=1S/C14H23P/c1-10(2)13-9-14(11(3)4)15(13)12-7-5-6-8-12/h5-8,10-14H,9H2,1-4H3/t13-,14-/m1/s1. The molecule has 1 aliphatic heterocycles. The molecular formula is C14H23P. The highest BCUT2D eigenvalue weighted by Gasteiger charge is 2.45. The van der Waals surface area contributed by atoms with Gasteiger partial charge in [0.15, 0.2) is 0 Å². The van der Waals surface area contributed by atoms with Crippen LogP contribution in [-0.2, 0) is 0 Å². The van der Waals surface area contributed by atoms with Gasteiger partial charge in [-0.2, -0.15) is 0 Å². The van der Waals surface area contributed by atoms with Gasteiger partial charge in [0.05, 0.1) is 0 Å². The van der Waals surface area contributed by atoms with Crippen LogP contribution in [0, 0.1) is 11.8 Å². The Hall–Kier alpha value is -0.0900. The van der Waals surface area contributed by atoms with Gasteiger partial charge in [-0.1, -0.05) is 59.9 Å². The molecule has 0 amide bonds. The van der Waals surface area contributed by atoms with Gasteiger partial charge in [0, 0.05) is 5.66 Å². The van der Waals surface area contributed by atoms with Gasteiger partial charge in [-0.3, -0.25) is 0 Å². The van der Waals surface area contributed by atoms with E-state index in [1.165, 1.54) is 6.42 Å². The molecule has 0 aromatic carbocycles. The molecule has 1 aliphatic carbocycles. The molecule has 0 unspecified atom stereocenters. The van der Waals surface area contributed by atoms with Crippen molar-refractivity contribution >= 4 is 7.92 Å². The normalized spacial score (nSPS) is 31.9. The summed E-state index contributed by atoms with van der Waals surface area (Å²) < 4.78 is 0. The number of hydrogen-bond acceptors (Lipinski definition) is 0. The van der Waals surface area contributed by atoms with Crippen molar-refractivity contribution in [3.63, 3.8) is 0 Å². The van der Waals surface area contributed by atoms with Gasteiger partial charge in [-0.05, 0) is 29.6 Å². The van der Waals surface area contributed by atoms with Crippen LogP contribution in [0.1, 0.15) is 34.1 Å². The van der Waals surface area contributed by atoms with Crippen LogP contribution in [0.4, 0.5) is 0 Å². The minimum Gasteiger partial charge on any atom is -0.0887 e. The average Bonchev–Trinajstić information content (AvgIpc) is 2.53. The van der Waals surface area contributed by atoms with Gasteiger partial charge in [0.25, 0.3) is 0 Å². The fourth-order valence-corrected chi connectivity index (χ4v) is 6.79. The van der Waals surface area contributed by atoms with Crippen molar-refractivity contribution < 1.29 is 0 Å². The van der Waals surface area contributed by atoms with Crippen molar-refractivity contribution in [2.24, 2.45) is 11.8 Å². The Kier molecular flexibility index (Phi) is 3.36. The van der Waals surface area contributed by atoms with E-state index in [2.05, 4.69) is 52.0 Å². The molecule has 1 fully saturated rings. The molecule has 0 saturated carbocycles. The molecule has 0 nitrogen and oxygen atoms in total. The van der Waals surface area contributed by atoms with Crippen molar-refractivity contribution in [1.29, 1.82) is 0 Å². The summed E-state index contributed by atoms with van der Waals surface area (Å²) in [6.45, 7) is 9.61. The van der Waals surface area contributed by atoms with Crippen molar-refractivity contribution in [3.05, 3.63) is 24.3 Å². The highest BCUT2D eigenvalue weighted by atomic mass is 31.1. The Morgan fingerprint density at radius 2 is 1.40 bits per heavy atom. The summed E-state index contributed by atoms with van der Waals surface area (Å²) in [5.74, 6) is 1.77.